The molecule has 1 aromatic rings. The summed E-state index contributed by atoms with van der Waals surface area (Å²) in [5.74, 6) is 1.51. The number of aromatic nitrogens is 1. The van der Waals surface area contributed by atoms with Crippen LogP contribution in [0.1, 0.15) is 18.9 Å². The predicted octanol–water partition coefficient (Wildman–Crippen LogP) is 1.13. The van der Waals surface area contributed by atoms with E-state index in [9.17, 15) is 0 Å². The van der Waals surface area contributed by atoms with E-state index >= 15 is 0 Å². The molecule has 1 fully saturated rings. The highest BCUT2D eigenvalue weighted by atomic mass is 15.2. The lowest BCUT2D eigenvalue weighted by atomic mass is 10.1. The number of anilines is 1. The summed E-state index contributed by atoms with van der Waals surface area (Å²) in [6.45, 7) is 3.89. The second-order valence-corrected chi connectivity index (χ2v) is 4.36. The Morgan fingerprint density at radius 2 is 2.44 bits per heavy atom. The first-order valence-electron chi connectivity index (χ1n) is 5.57. The second-order valence-electron chi connectivity index (χ2n) is 4.36. The van der Waals surface area contributed by atoms with Crippen molar-refractivity contribution < 1.29 is 0 Å². The van der Waals surface area contributed by atoms with Crippen LogP contribution in [0, 0.1) is 17.2 Å². The molecule has 0 aliphatic carbocycles. The Bertz CT molecular complexity index is 392. The summed E-state index contributed by atoms with van der Waals surface area (Å²) >= 11 is 0. The topological polar surface area (TPSA) is 65.9 Å². The molecule has 2 rings (SSSR count). The van der Waals surface area contributed by atoms with Crippen molar-refractivity contribution >= 4 is 5.82 Å². The van der Waals surface area contributed by atoms with Crippen molar-refractivity contribution in [3.63, 3.8) is 0 Å². The van der Waals surface area contributed by atoms with Gasteiger partial charge >= 0.3 is 0 Å². The highest BCUT2D eigenvalue weighted by molar-refractivity contribution is 5.44. The predicted molar refractivity (Wildman–Crippen MR) is 62.9 cm³/mol. The second kappa shape index (κ2) is 4.50. The molecule has 2 atom stereocenters. The maximum absolute atomic E-state index is 8.71. The highest BCUT2D eigenvalue weighted by Gasteiger charge is 2.28. The standard InChI is InChI=1S/C12H16N4/c1-9-4-11(6-14)8-16(9)12-3-2-10(5-13)7-15-12/h2-3,7,9,11H,4,6,8,14H2,1H3. The van der Waals surface area contributed by atoms with Gasteiger partial charge in [0.15, 0.2) is 0 Å². The molecule has 0 radical (unpaired) electrons. The number of hydrogen-bond donors (Lipinski definition) is 1. The first-order valence-corrected chi connectivity index (χ1v) is 5.57. The lowest BCUT2D eigenvalue weighted by molar-refractivity contribution is 0.579. The number of hydrogen-bond acceptors (Lipinski definition) is 4. The summed E-state index contributed by atoms with van der Waals surface area (Å²) in [6.07, 6.45) is 2.75. The van der Waals surface area contributed by atoms with E-state index in [2.05, 4.69) is 22.9 Å². The van der Waals surface area contributed by atoms with Crippen molar-refractivity contribution in [2.75, 3.05) is 18.0 Å². The van der Waals surface area contributed by atoms with Crippen molar-refractivity contribution in [3.8, 4) is 6.07 Å². The fourth-order valence-corrected chi connectivity index (χ4v) is 2.25. The van der Waals surface area contributed by atoms with E-state index in [0.29, 0.717) is 17.5 Å². The Morgan fingerprint density at radius 1 is 1.62 bits per heavy atom. The maximum Gasteiger partial charge on any atom is 0.128 e. The summed E-state index contributed by atoms with van der Waals surface area (Å²) in [7, 11) is 0. The van der Waals surface area contributed by atoms with E-state index in [1.165, 1.54) is 0 Å². The molecule has 0 amide bonds. The summed E-state index contributed by atoms with van der Waals surface area (Å²) < 4.78 is 0. The van der Waals surface area contributed by atoms with E-state index in [-0.39, 0.29) is 0 Å². The van der Waals surface area contributed by atoms with Crippen LogP contribution >= 0.6 is 0 Å². The van der Waals surface area contributed by atoms with Gasteiger partial charge in [-0.15, -0.1) is 0 Å². The zero-order valence-corrected chi connectivity index (χ0v) is 9.43. The summed E-state index contributed by atoms with van der Waals surface area (Å²) in [5.41, 5.74) is 6.29. The van der Waals surface area contributed by atoms with Gasteiger partial charge in [-0.3, -0.25) is 0 Å². The minimum absolute atomic E-state index is 0.481. The lowest BCUT2D eigenvalue weighted by Crippen LogP contribution is -2.28. The average molecular weight is 216 g/mol. The van der Waals surface area contributed by atoms with E-state index in [1.54, 1.807) is 6.20 Å². The first-order chi connectivity index (χ1) is 7.74. The molecule has 0 saturated carbocycles. The number of nitrogens with two attached hydrogens (primary N) is 1. The molecular weight excluding hydrogens is 200 g/mol. The molecule has 1 aliphatic rings. The molecule has 84 valence electrons. The van der Waals surface area contributed by atoms with E-state index in [0.717, 1.165) is 25.3 Å². The Kier molecular flexibility index (Phi) is 3.07. The molecule has 0 bridgehead atoms. The molecule has 1 aliphatic heterocycles. The fourth-order valence-electron chi connectivity index (χ4n) is 2.25. The smallest absolute Gasteiger partial charge is 0.128 e. The molecular formula is C12H16N4. The molecule has 2 unspecified atom stereocenters. The zero-order chi connectivity index (χ0) is 11.5. The van der Waals surface area contributed by atoms with Crippen LogP contribution in [0.15, 0.2) is 18.3 Å². The van der Waals surface area contributed by atoms with Gasteiger partial charge in [-0.2, -0.15) is 5.26 Å². The first kappa shape index (κ1) is 10.9. The van der Waals surface area contributed by atoms with E-state index in [1.807, 2.05) is 12.1 Å². The van der Waals surface area contributed by atoms with Gasteiger partial charge in [-0.1, -0.05) is 0 Å². The monoisotopic (exact) mass is 216 g/mol. The van der Waals surface area contributed by atoms with Crippen LogP contribution in [0.4, 0.5) is 5.82 Å². The molecule has 4 nitrogen and oxygen atoms in total. The molecule has 0 aromatic carbocycles. The van der Waals surface area contributed by atoms with Gasteiger partial charge in [0.25, 0.3) is 0 Å². The van der Waals surface area contributed by atoms with Crippen molar-refractivity contribution in [2.24, 2.45) is 11.7 Å². The van der Waals surface area contributed by atoms with E-state index < -0.39 is 0 Å². The Morgan fingerprint density at radius 3 is 2.94 bits per heavy atom. The normalized spacial score (nSPS) is 24.4. The quantitative estimate of drug-likeness (QED) is 0.804. The third-order valence-electron chi connectivity index (χ3n) is 3.17. The van der Waals surface area contributed by atoms with Crippen LogP contribution in [-0.2, 0) is 0 Å². The molecule has 2 heterocycles. The van der Waals surface area contributed by atoms with Crippen LogP contribution in [0.25, 0.3) is 0 Å². The Labute approximate surface area is 95.7 Å². The maximum atomic E-state index is 8.71. The largest absolute Gasteiger partial charge is 0.354 e. The summed E-state index contributed by atoms with van der Waals surface area (Å²) in [5, 5.41) is 8.71. The lowest BCUT2D eigenvalue weighted by Gasteiger charge is -2.22. The van der Waals surface area contributed by atoms with Crippen LogP contribution < -0.4 is 10.6 Å². The minimum Gasteiger partial charge on any atom is -0.354 e. The molecule has 16 heavy (non-hydrogen) atoms. The van der Waals surface area contributed by atoms with Gasteiger partial charge in [0, 0.05) is 18.8 Å². The van der Waals surface area contributed by atoms with Gasteiger partial charge in [-0.05, 0) is 37.9 Å². The Balaban J connectivity index is 2.15. The minimum atomic E-state index is 0.481. The van der Waals surface area contributed by atoms with Gasteiger partial charge in [-0.25, -0.2) is 4.98 Å². The summed E-state index contributed by atoms with van der Waals surface area (Å²) in [4.78, 5) is 6.58. The molecule has 0 spiro atoms. The van der Waals surface area contributed by atoms with Crippen molar-refractivity contribution in [1.29, 1.82) is 5.26 Å². The van der Waals surface area contributed by atoms with E-state index in [4.69, 9.17) is 11.0 Å². The number of nitrogens with zero attached hydrogens (tertiary/aromatic N) is 3. The van der Waals surface area contributed by atoms with Gasteiger partial charge in [0.2, 0.25) is 0 Å². The number of nitriles is 1. The van der Waals surface area contributed by atoms with Crippen molar-refractivity contribution in [3.05, 3.63) is 23.9 Å². The molecule has 1 saturated heterocycles. The van der Waals surface area contributed by atoms with Crippen molar-refractivity contribution in [1.82, 2.24) is 4.98 Å². The van der Waals surface area contributed by atoms with Crippen LogP contribution in [0.3, 0.4) is 0 Å². The molecule has 4 heteroatoms. The SMILES string of the molecule is CC1CC(CN)CN1c1ccc(C#N)cn1. The third-order valence-corrected chi connectivity index (χ3v) is 3.17. The van der Waals surface area contributed by atoms with Crippen LogP contribution in [0.5, 0.6) is 0 Å². The zero-order valence-electron chi connectivity index (χ0n) is 9.43. The average Bonchev–Trinajstić information content (AvgIpc) is 2.71. The van der Waals surface area contributed by atoms with Gasteiger partial charge in [0.05, 0.1) is 5.56 Å². The van der Waals surface area contributed by atoms with Crippen LogP contribution in [-0.4, -0.2) is 24.1 Å². The highest BCUT2D eigenvalue weighted by Crippen LogP contribution is 2.26. The van der Waals surface area contributed by atoms with Gasteiger partial charge in [0.1, 0.15) is 11.9 Å². The molecule has 2 N–H and O–H groups in total. The third kappa shape index (κ3) is 2.00. The fraction of sp³-hybridized carbons (Fsp3) is 0.500. The molecule has 1 aromatic heterocycles. The number of rotatable bonds is 2. The number of pyridine rings is 1. The van der Waals surface area contributed by atoms with Gasteiger partial charge < -0.3 is 10.6 Å². The van der Waals surface area contributed by atoms with Crippen molar-refractivity contribution in [2.45, 2.75) is 19.4 Å². The summed E-state index contributed by atoms with van der Waals surface area (Å²) in [6, 6.07) is 6.28. The van der Waals surface area contributed by atoms with Crippen LogP contribution in [0.2, 0.25) is 0 Å². The Hall–Kier alpha value is -1.60.